The minimum Gasteiger partial charge on any atom is -0.0600 e. The third kappa shape index (κ3) is 3.01. The van der Waals surface area contributed by atoms with Gasteiger partial charge in [0.05, 0.1) is 0 Å². The third-order valence-electron chi connectivity index (χ3n) is 6.03. The van der Waals surface area contributed by atoms with Crippen molar-refractivity contribution in [1.29, 1.82) is 0 Å². The minimum atomic E-state index is 0.109. The maximum Gasteiger partial charge on any atom is 0.0117 e. The van der Waals surface area contributed by atoms with Crippen LogP contribution < -0.4 is 0 Å². The van der Waals surface area contributed by atoms with Gasteiger partial charge in [0, 0.05) is 5.41 Å². The van der Waals surface area contributed by atoms with Crippen molar-refractivity contribution >= 4 is 5.57 Å². The van der Waals surface area contributed by atoms with Crippen LogP contribution in [-0.4, -0.2) is 0 Å². The summed E-state index contributed by atoms with van der Waals surface area (Å²) < 4.78 is 0. The molecule has 1 aromatic rings. The summed E-state index contributed by atoms with van der Waals surface area (Å²) in [6, 6.07) is 7.17. The highest BCUT2D eigenvalue weighted by molar-refractivity contribution is 5.84. The van der Waals surface area contributed by atoms with Crippen LogP contribution >= 0.6 is 0 Å². The van der Waals surface area contributed by atoms with E-state index in [4.69, 9.17) is 0 Å². The van der Waals surface area contributed by atoms with E-state index in [9.17, 15) is 0 Å². The maximum atomic E-state index is 2.45. The molecule has 1 aliphatic rings. The van der Waals surface area contributed by atoms with E-state index in [0.29, 0.717) is 0 Å². The first-order chi connectivity index (χ1) is 10.7. The predicted octanol–water partition coefficient (Wildman–Crippen LogP) is 7.43. The average Bonchev–Trinajstić information content (AvgIpc) is 2.57. The topological polar surface area (TPSA) is 0 Å². The molecule has 0 spiro atoms. The molecule has 1 aliphatic carbocycles. The summed E-state index contributed by atoms with van der Waals surface area (Å²) in [5.41, 5.74) is 10.7. The first-order valence-electron chi connectivity index (χ1n) is 9.24. The summed E-state index contributed by atoms with van der Waals surface area (Å²) in [7, 11) is 0. The molecule has 24 heavy (non-hydrogen) atoms. The number of benzene rings is 1. The van der Waals surface area contributed by atoms with Gasteiger partial charge in [-0.25, -0.2) is 0 Å². The Morgan fingerprint density at radius 2 is 1.29 bits per heavy atom. The second-order valence-electron chi connectivity index (χ2n) is 10.1. The Balaban J connectivity index is 2.78. The highest BCUT2D eigenvalue weighted by atomic mass is 14.4. The summed E-state index contributed by atoms with van der Waals surface area (Å²) in [4.78, 5) is 0. The van der Waals surface area contributed by atoms with Crippen LogP contribution in [0.4, 0.5) is 0 Å². The fourth-order valence-corrected chi connectivity index (χ4v) is 3.98. The van der Waals surface area contributed by atoms with Crippen molar-refractivity contribution in [1.82, 2.24) is 0 Å². The second-order valence-corrected chi connectivity index (χ2v) is 10.1. The molecule has 0 radical (unpaired) electrons. The fraction of sp³-hybridized carbons (Fsp3) is 0.583. The van der Waals surface area contributed by atoms with Crippen LogP contribution in [0.5, 0.6) is 0 Å². The largest absolute Gasteiger partial charge is 0.0600 e. The van der Waals surface area contributed by atoms with Gasteiger partial charge in [0.1, 0.15) is 0 Å². The highest BCUT2D eigenvalue weighted by Gasteiger charge is 2.37. The predicted molar refractivity (Wildman–Crippen MR) is 109 cm³/mol. The molecule has 0 fully saturated rings. The van der Waals surface area contributed by atoms with Crippen LogP contribution in [0.25, 0.3) is 5.57 Å². The summed E-state index contributed by atoms with van der Waals surface area (Å²) in [5, 5.41) is 0. The molecule has 0 heterocycles. The Bertz CT molecular complexity index is 722. The van der Waals surface area contributed by atoms with Gasteiger partial charge in [-0.15, -0.1) is 0 Å². The lowest BCUT2D eigenvalue weighted by Gasteiger charge is -2.33. The van der Waals surface area contributed by atoms with Crippen molar-refractivity contribution in [2.75, 3.05) is 0 Å². The molecule has 0 saturated carbocycles. The molecule has 0 heteroatoms. The van der Waals surface area contributed by atoms with Gasteiger partial charge in [-0.05, 0) is 65.0 Å². The molecule has 0 nitrogen and oxygen atoms in total. The molecule has 0 bridgehead atoms. The number of hydrogen-bond acceptors (Lipinski definition) is 0. The second kappa shape index (κ2) is 5.61. The average molecular weight is 325 g/mol. The molecule has 2 rings (SSSR count). The third-order valence-corrected chi connectivity index (χ3v) is 6.03. The first-order valence-corrected chi connectivity index (χ1v) is 9.24. The maximum absolute atomic E-state index is 2.45. The van der Waals surface area contributed by atoms with Gasteiger partial charge in [-0.2, -0.15) is 0 Å². The SMILES string of the molecule is CC1=C(C)C(C)(C)C(c2ccc(C(C)(C)C)cc2C(C)(C)C)=C1C. The Kier molecular flexibility index (Phi) is 4.45. The van der Waals surface area contributed by atoms with Gasteiger partial charge < -0.3 is 0 Å². The van der Waals surface area contributed by atoms with E-state index in [1.54, 1.807) is 0 Å². The normalized spacial score (nSPS) is 18.6. The quantitative estimate of drug-likeness (QED) is 0.504. The van der Waals surface area contributed by atoms with E-state index < -0.39 is 0 Å². The molecular weight excluding hydrogens is 288 g/mol. The minimum absolute atomic E-state index is 0.109. The van der Waals surface area contributed by atoms with E-state index in [-0.39, 0.29) is 16.2 Å². The van der Waals surface area contributed by atoms with Gasteiger partial charge in [0.25, 0.3) is 0 Å². The van der Waals surface area contributed by atoms with Crippen molar-refractivity contribution < 1.29 is 0 Å². The molecule has 0 aliphatic heterocycles. The summed E-state index contributed by atoms with van der Waals surface area (Å²) in [5.74, 6) is 0. The lowest BCUT2D eigenvalue weighted by atomic mass is 9.71. The number of allylic oxidation sites excluding steroid dienone is 4. The Morgan fingerprint density at radius 1 is 0.750 bits per heavy atom. The zero-order chi connectivity index (χ0) is 18.7. The van der Waals surface area contributed by atoms with E-state index in [1.165, 1.54) is 39.0 Å². The fourth-order valence-electron chi connectivity index (χ4n) is 3.98. The summed E-state index contributed by atoms with van der Waals surface area (Å²) >= 11 is 0. The standard InChI is InChI=1S/C24H36/c1-15-16(2)21(24(10,11)17(15)3)19-13-12-18(22(4,5)6)14-20(19)23(7,8)9/h12-14H,1-11H3. The van der Waals surface area contributed by atoms with E-state index >= 15 is 0 Å². The lowest BCUT2D eigenvalue weighted by molar-refractivity contribution is 0.562. The van der Waals surface area contributed by atoms with Crippen LogP contribution in [0.2, 0.25) is 0 Å². The lowest BCUT2D eigenvalue weighted by Crippen LogP contribution is -2.21. The molecular formula is C24H36. The van der Waals surface area contributed by atoms with Crippen LogP contribution in [0, 0.1) is 5.41 Å². The molecule has 0 aromatic heterocycles. The van der Waals surface area contributed by atoms with Crippen LogP contribution in [0.15, 0.2) is 34.9 Å². The monoisotopic (exact) mass is 324 g/mol. The first kappa shape index (κ1) is 19.0. The Morgan fingerprint density at radius 3 is 1.67 bits per heavy atom. The molecule has 0 N–H and O–H groups in total. The molecule has 1 aromatic carbocycles. The van der Waals surface area contributed by atoms with Crippen molar-refractivity contribution in [3.05, 3.63) is 51.6 Å². The van der Waals surface area contributed by atoms with Crippen molar-refractivity contribution in [3.63, 3.8) is 0 Å². The molecule has 0 amide bonds. The van der Waals surface area contributed by atoms with Gasteiger partial charge in [-0.1, -0.05) is 79.2 Å². The molecule has 132 valence electrons. The molecule has 0 atom stereocenters. The Labute approximate surface area is 150 Å². The summed E-state index contributed by atoms with van der Waals surface area (Å²) in [6.07, 6.45) is 0. The number of hydrogen-bond donors (Lipinski definition) is 0. The smallest absolute Gasteiger partial charge is 0.0117 e. The van der Waals surface area contributed by atoms with Gasteiger partial charge in [0.2, 0.25) is 0 Å². The van der Waals surface area contributed by atoms with Crippen LogP contribution in [-0.2, 0) is 10.8 Å². The van der Waals surface area contributed by atoms with Crippen molar-refractivity contribution in [3.8, 4) is 0 Å². The van der Waals surface area contributed by atoms with Crippen molar-refractivity contribution in [2.45, 2.75) is 87.0 Å². The molecule has 0 unspecified atom stereocenters. The van der Waals surface area contributed by atoms with Gasteiger partial charge >= 0.3 is 0 Å². The van der Waals surface area contributed by atoms with Crippen molar-refractivity contribution in [2.24, 2.45) is 5.41 Å². The Hall–Kier alpha value is -1.30. The highest BCUT2D eigenvalue weighted by Crippen LogP contribution is 2.52. The zero-order valence-electron chi connectivity index (χ0n) is 17.7. The van der Waals surface area contributed by atoms with E-state index in [1.807, 2.05) is 0 Å². The van der Waals surface area contributed by atoms with E-state index in [0.717, 1.165) is 0 Å². The van der Waals surface area contributed by atoms with Gasteiger partial charge in [-0.3, -0.25) is 0 Å². The summed E-state index contributed by atoms with van der Waals surface area (Å²) in [6.45, 7) is 25.5. The van der Waals surface area contributed by atoms with Crippen LogP contribution in [0.3, 0.4) is 0 Å². The van der Waals surface area contributed by atoms with Crippen LogP contribution in [0.1, 0.15) is 92.9 Å². The molecule has 0 saturated heterocycles. The number of rotatable bonds is 1. The van der Waals surface area contributed by atoms with Gasteiger partial charge in [0.15, 0.2) is 0 Å². The zero-order valence-corrected chi connectivity index (χ0v) is 17.7. The van der Waals surface area contributed by atoms with E-state index in [2.05, 4.69) is 94.4 Å².